The monoisotopic (exact) mass is 392 g/mol. The molecule has 0 aromatic rings. The summed E-state index contributed by atoms with van der Waals surface area (Å²) >= 11 is 0. The van der Waals surface area contributed by atoms with Crippen molar-refractivity contribution in [3.05, 3.63) is 0 Å². The molecule has 23 heavy (non-hydrogen) atoms. The van der Waals surface area contributed by atoms with E-state index in [0.717, 1.165) is 45.6 Å². The number of nitrogens with two attached hydrogens (primary N) is 1. The van der Waals surface area contributed by atoms with Gasteiger partial charge in [0.25, 0.3) is 0 Å². The normalized spacial score (nSPS) is 16.7. The van der Waals surface area contributed by atoms with E-state index in [1.165, 1.54) is 13.1 Å². The predicted molar refractivity (Wildman–Crippen MR) is 105 cm³/mol. The summed E-state index contributed by atoms with van der Waals surface area (Å²) in [6.07, 6.45) is 1.76. The van der Waals surface area contributed by atoms with E-state index in [1.807, 2.05) is 0 Å². The second-order valence-corrected chi connectivity index (χ2v) is 6.16. The highest BCUT2D eigenvalue weighted by Gasteiger charge is 2.16. The van der Waals surface area contributed by atoms with Gasteiger partial charge in [0.05, 0.1) is 6.04 Å². The molecular formula is C15H35Cl3N4O. The Balaban J connectivity index is -0.00000133. The van der Waals surface area contributed by atoms with Crippen LogP contribution in [-0.2, 0) is 4.79 Å². The van der Waals surface area contributed by atoms with Gasteiger partial charge in [-0.1, -0.05) is 20.8 Å². The molecule has 0 aliphatic carbocycles. The van der Waals surface area contributed by atoms with E-state index in [0.29, 0.717) is 5.92 Å². The van der Waals surface area contributed by atoms with E-state index in [9.17, 15) is 4.79 Å². The quantitative estimate of drug-likeness (QED) is 0.617. The summed E-state index contributed by atoms with van der Waals surface area (Å²) in [7, 11) is 0. The molecule has 1 aliphatic rings. The van der Waals surface area contributed by atoms with Crippen LogP contribution in [0.5, 0.6) is 0 Å². The van der Waals surface area contributed by atoms with Crippen molar-refractivity contribution in [1.82, 2.24) is 15.1 Å². The van der Waals surface area contributed by atoms with Crippen LogP contribution in [0.2, 0.25) is 0 Å². The van der Waals surface area contributed by atoms with Gasteiger partial charge in [-0.2, -0.15) is 0 Å². The van der Waals surface area contributed by atoms with E-state index in [4.69, 9.17) is 5.73 Å². The first-order chi connectivity index (χ1) is 9.52. The van der Waals surface area contributed by atoms with E-state index in [-0.39, 0.29) is 49.2 Å². The lowest BCUT2D eigenvalue weighted by atomic mass is 10.0. The molecule has 5 nitrogen and oxygen atoms in total. The number of hydrogen-bond donors (Lipinski definition) is 2. The summed E-state index contributed by atoms with van der Waals surface area (Å²) in [5, 5.41) is 2.95. The lowest BCUT2D eigenvalue weighted by Gasteiger charge is -2.34. The number of nitrogens with one attached hydrogen (secondary N) is 1. The minimum Gasteiger partial charge on any atom is -0.355 e. The third kappa shape index (κ3) is 12.3. The van der Waals surface area contributed by atoms with Crippen molar-refractivity contribution >= 4 is 43.1 Å². The molecule has 1 aliphatic heterocycles. The first-order valence-electron chi connectivity index (χ1n) is 8.01. The van der Waals surface area contributed by atoms with Crippen LogP contribution in [0, 0.1) is 5.92 Å². The van der Waals surface area contributed by atoms with E-state index >= 15 is 0 Å². The Bertz CT molecular complexity index is 288. The molecule has 1 saturated heterocycles. The van der Waals surface area contributed by atoms with Crippen molar-refractivity contribution in [2.45, 2.75) is 39.7 Å². The molecule has 0 aromatic carbocycles. The molecule has 0 bridgehead atoms. The average molecular weight is 394 g/mol. The lowest BCUT2D eigenvalue weighted by Crippen LogP contribution is -2.47. The first-order valence-corrected chi connectivity index (χ1v) is 8.01. The molecule has 0 unspecified atom stereocenters. The first kappa shape index (κ1) is 28.0. The molecular weight excluding hydrogens is 359 g/mol. The highest BCUT2D eigenvalue weighted by molar-refractivity contribution is 5.86. The Morgan fingerprint density at radius 3 is 2.09 bits per heavy atom. The zero-order valence-corrected chi connectivity index (χ0v) is 17.1. The molecule has 0 radical (unpaired) electrons. The summed E-state index contributed by atoms with van der Waals surface area (Å²) < 4.78 is 0. The zero-order valence-electron chi connectivity index (χ0n) is 14.6. The Kier molecular flexibility index (Phi) is 19.2. The van der Waals surface area contributed by atoms with Gasteiger partial charge in [0, 0.05) is 32.7 Å². The SMILES string of the molecule is CCN1CCN(CCCNC(=O)[C@@H](N)CC(C)C)CC1.Cl.Cl.Cl. The van der Waals surface area contributed by atoms with Crippen LogP contribution < -0.4 is 11.1 Å². The third-order valence-corrected chi connectivity index (χ3v) is 3.92. The van der Waals surface area contributed by atoms with E-state index in [1.54, 1.807) is 0 Å². The van der Waals surface area contributed by atoms with E-state index < -0.39 is 0 Å². The van der Waals surface area contributed by atoms with Gasteiger partial charge in [-0.15, -0.1) is 37.2 Å². The highest BCUT2D eigenvalue weighted by Crippen LogP contribution is 2.03. The number of likely N-dealkylation sites (N-methyl/N-ethyl adjacent to an activating group) is 1. The molecule has 0 aromatic heterocycles. The molecule has 1 fully saturated rings. The molecule has 1 amide bonds. The van der Waals surface area contributed by atoms with Crippen molar-refractivity contribution in [2.75, 3.05) is 45.8 Å². The van der Waals surface area contributed by atoms with Crippen molar-refractivity contribution in [2.24, 2.45) is 11.7 Å². The number of piperazine rings is 1. The Hall–Kier alpha value is 0.220. The van der Waals surface area contributed by atoms with Gasteiger partial charge in [0.1, 0.15) is 0 Å². The van der Waals surface area contributed by atoms with Gasteiger partial charge in [0.15, 0.2) is 0 Å². The number of nitrogens with zero attached hydrogens (tertiary/aromatic N) is 2. The molecule has 3 N–H and O–H groups in total. The summed E-state index contributed by atoms with van der Waals surface area (Å²) in [5.74, 6) is 0.458. The number of halogens is 3. The van der Waals surface area contributed by atoms with Crippen molar-refractivity contribution in [3.8, 4) is 0 Å². The van der Waals surface area contributed by atoms with Crippen molar-refractivity contribution < 1.29 is 4.79 Å². The summed E-state index contributed by atoms with van der Waals surface area (Å²) in [6.45, 7) is 14.0. The topological polar surface area (TPSA) is 61.6 Å². The smallest absolute Gasteiger partial charge is 0.236 e. The van der Waals surface area contributed by atoms with Crippen molar-refractivity contribution in [3.63, 3.8) is 0 Å². The molecule has 0 spiro atoms. The van der Waals surface area contributed by atoms with Crippen LogP contribution in [0.3, 0.4) is 0 Å². The highest BCUT2D eigenvalue weighted by atomic mass is 35.5. The lowest BCUT2D eigenvalue weighted by molar-refractivity contribution is -0.122. The van der Waals surface area contributed by atoms with Gasteiger partial charge in [0.2, 0.25) is 5.91 Å². The van der Waals surface area contributed by atoms with E-state index in [2.05, 4.69) is 35.9 Å². The average Bonchev–Trinajstić information content (AvgIpc) is 2.43. The second kappa shape index (κ2) is 15.7. The van der Waals surface area contributed by atoms with Crippen molar-refractivity contribution in [1.29, 1.82) is 0 Å². The Labute approximate surface area is 160 Å². The fourth-order valence-electron chi connectivity index (χ4n) is 2.59. The van der Waals surface area contributed by atoms with Crippen LogP contribution in [0.4, 0.5) is 0 Å². The summed E-state index contributed by atoms with van der Waals surface area (Å²) in [6, 6.07) is -0.358. The molecule has 142 valence electrons. The molecule has 1 heterocycles. The molecule has 1 atom stereocenters. The van der Waals surface area contributed by atoms with Crippen LogP contribution in [0.1, 0.15) is 33.6 Å². The minimum atomic E-state index is -0.358. The maximum Gasteiger partial charge on any atom is 0.236 e. The van der Waals surface area contributed by atoms with Crippen LogP contribution >= 0.6 is 37.2 Å². The summed E-state index contributed by atoms with van der Waals surface area (Å²) in [4.78, 5) is 16.7. The number of amides is 1. The Morgan fingerprint density at radius 2 is 1.61 bits per heavy atom. The number of hydrogen-bond acceptors (Lipinski definition) is 4. The number of carbonyl (C=O) groups is 1. The zero-order chi connectivity index (χ0) is 15.0. The van der Waals surface area contributed by atoms with Gasteiger partial charge in [-0.05, 0) is 31.8 Å². The number of rotatable bonds is 8. The maximum absolute atomic E-state index is 11.8. The molecule has 0 saturated carbocycles. The van der Waals surface area contributed by atoms with Crippen LogP contribution in [0.15, 0.2) is 0 Å². The fraction of sp³-hybridized carbons (Fsp3) is 0.933. The number of carbonyl (C=O) groups excluding carboxylic acids is 1. The fourth-order valence-corrected chi connectivity index (χ4v) is 2.59. The second-order valence-electron chi connectivity index (χ2n) is 6.16. The minimum absolute atomic E-state index is 0. The van der Waals surface area contributed by atoms with Gasteiger partial charge >= 0.3 is 0 Å². The van der Waals surface area contributed by atoms with Gasteiger partial charge in [-0.3, -0.25) is 4.79 Å². The largest absolute Gasteiger partial charge is 0.355 e. The van der Waals surface area contributed by atoms with Crippen LogP contribution in [0.25, 0.3) is 0 Å². The third-order valence-electron chi connectivity index (χ3n) is 3.92. The molecule has 8 heteroatoms. The maximum atomic E-state index is 11.8. The molecule has 1 rings (SSSR count). The summed E-state index contributed by atoms with van der Waals surface area (Å²) in [5.41, 5.74) is 5.85. The standard InChI is InChI=1S/C15H32N4O.3ClH/c1-4-18-8-10-19(11-9-18)7-5-6-17-15(20)14(16)12-13(2)3;;;/h13-14H,4-12,16H2,1-3H3,(H,17,20);3*1H/t14-;;;/m0.../s1. The predicted octanol–water partition coefficient (Wildman–Crippen LogP) is 1.77. The van der Waals surface area contributed by atoms with Gasteiger partial charge < -0.3 is 20.9 Å². The van der Waals surface area contributed by atoms with Gasteiger partial charge in [-0.25, -0.2) is 0 Å². The Morgan fingerprint density at radius 1 is 1.09 bits per heavy atom. The van der Waals surface area contributed by atoms with Crippen LogP contribution in [-0.4, -0.2) is 67.6 Å².